The molecular weight excluding hydrogens is 303 g/mol. The normalized spacial score (nSPS) is 11.4. The van der Waals surface area contributed by atoms with Crippen molar-refractivity contribution in [2.45, 2.75) is 12.1 Å². The lowest BCUT2D eigenvalue weighted by Gasteiger charge is -2.10. The van der Waals surface area contributed by atoms with Crippen LogP contribution in [0.1, 0.15) is 5.56 Å². The van der Waals surface area contributed by atoms with Gasteiger partial charge in [0.05, 0.1) is 11.5 Å². The lowest BCUT2D eigenvalue weighted by molar-refractivity contribution is -0.385. The quantitative estimate of drug-likeness (QED) is 0.335. The molecule has 0 atom stereocenters. The first-order valence-corrected chi connectivity index (χ1v) is 5.97. The van der Waals surface area contributed by atoms with Crippen molar-refractivity contribution < 1.29 is 27.6 Å². The molecule has 20 heavy (non-hydrogen) atoms. The number of benzene rings is 1. The summed E-state index contributed by atoms with van der Waals surface area (Å²) in [4.78, 5) is 10.1. The molecule has 0 N–H and O–H groups in total. The van der Waals surface area contributed by atoms with Crippen molar-refractivity contribution in [1.82, 2.24) is 0 Å². The largest absolute Gasteiger partial charge is 0.484 e. The predicted octanol–water partition coefficient (Wildman–Crippen LogP) is 3.29. The molecule has 0 aromatic heterocycles. The molecule has 0 saturated carbocycles. The third-order valence-electron chi connectivity index (χ3n) is 2.13. The van der Waals surface area contributed by atoms with Crippen LogP contribution in [0.5, 0.6) is 5.75 Å². The number of ether oxygens (including phenoxy) is 2. The molecule has 9 heteroatoms. The van der Waals surface area contributed by atoms with Crippen LogP contribution in [0.25, 0.3) is 0 Å². The maximum atomic E-state index is 11.8. The van der Waals surface area contributed by atoms with Crippen LogP contribution in [-0.4, -0.2) is 30.9 Å². The van der Waals surface area contributed by atoms with E-state index >= 15 is 0 Å². The second-order valence-electron chi connectivity index (χ2n) is 3.71. The summed E-state index contributed by atoms with van der Waals surface area (Å²) < 4.78 is 44.8. The third-order valence-corrected chi connectivity index (χ3v) is 2.43. The Morgan fingerprint density at radius 3 is 2.55 bits per heavy atom. The Bertz CT molecular complexity index is 467. The van der Waals surface area contributed by atoms with E-state index in [0.29, 0.717) is 5.56 Å². The van der Waals surface area contributed by atoms with Gasteiger partial charge in [0, 0.05) is 11.9 Å². The van der Waals surface area contributed by atoms with Crippen molar-refractivity contribution in [3.63, 3.8) is 0 Å². The second-order valence-corrected chi connectivity index (χ2v) is 3.98. The lowest BCUT2D eigenvalue weighted by Crippen LogP contribution is -2.19. The van der Waals surface area contributed by atoms with Gasteiger partial charge in [0.25, 0.3) is 0 Å². The smallest absolute Gasteiger partial charge is 0.411 e. The predicted molar refractivity (Wildman–Crippen MR) is 65.0 cm³/mol. The highest BCUT2D eigenvalue weighted by Gasteiger charge is 2.27. The minimum atomic E-state index is -4.41. The molecule has 0 aliphatic heterocycles. The van der Waals surface area contributed by atoms with Crippen molar-refractivity contribution in [3.8, 4) is 5.75 Å². The van der Waals surface area contributed by atoms with E-state index in [-0.39, 0.29) is 30.5 Å². The molecule has 5 nitrogen and oxygen atoms in total. The van der Waals surface area contributed by atoms with Crippen molar-refractivity contribution in [2.24, 2.45) is 0 Å². The molecule has 0 aliphatic rings. The number of nitro groups is 1. The highest BCUT2D eigenvalue weighted by atomic mass is 35.5. The van der Waals surface area contributed by atoms with Gasteiger partial charge in [0.1, 0.15) is 13.2 Å². The Kier molecular flexibility index (Phi) is 6.03. The number of nitro benzene ring substituents is 1. The zero-order valence-corrected chi connectivity index (χ0v) is 10.9. The first-order valence-electron chi connectivity index (χ1n) is 5.44. The van der Waals surface area contributed by atoms with Crippen LogP contribution in [0.2, 0.25) is 0 Å². The Balaban J connectivity index is 2.55. The SMILES string of the molecule is O=[N+]([O-])c1ccc(CCl)cc1OCCOCC(F)(F)F. The van der Waals surface area contributed by atoms with Crippen molar-refractivity contribution in [2.75, 3.05) is 19.8 Å². The van der Waals surface area contributed by atoms with E-state index < -0.39 is 17.7 Å². The summed E-state index contributed by atoms with van der Waals surface area (Å²) in [6.45, 7) is -1.95. The van der Waals surface area contributed by atoms with E-state index in [2.05, 4.69) is 4.74 Å². The van der Waals surface area contributed by atoms with E-state index in [9.17, 15) is 23.3 Å². The summed E-state index contributed by atoms with van der Waals surface area (Å²) in [5, 5.41) is 10.8. The number of rotatable bonds is 7. The number of halogens is 4. The Hall–Kier alpha value is -1.54. The minimum absolute atomic E-state index is 0.0521. The molecule has 1 aromatic rings. The lowest BCUT2D eigenvalue weighted by atomic mass is 10.2. The monoisotopic (exact) mass is 313 g/mol. The summed E-state index contributed by atoms with van der Waals surface area (Å²) in [7, 11) is 0. The van der Waals surface area contributed by atoms with Gasteiger partial charge >= 0.3 is 11.9 Å². The summed E-state index contributed by atoms with van der Waals surface area (Å²) in [5.41, 5.74) is 0.318. The van der Waals surface area contributed by atoms with E-state index in [1.54, 1.807) is 0 Å². The minimum Gasteiger partial charge on any atom is -0.484 e. The highest BCUT2D eigenvalue weighted by molar-refractivity contribution is 6.17. The van der Waals surface area contributed by atoms with E-state index in [1.165, 1.54) is 18.2 Å². The molecule has 0 heterocycles. The van der Waals surface area contributed by atoms with Gasteiger partial charge in [-0.1, -0.05) is 6.07 Å². The van der Waals surface area contributed by atoms with Crippen molar-refractivity contribution >= 4 is 17.3 Å². The average molecular weight is 314 g/mol. The molecule has 0 bridgehead atoms. The van der Waals surface area contributed by atoms with E-state index in [0.717, 1.165) is 0 Å². The van der Waals surface area contributed by atoms with Crippen molar-refractivity contribution in [3.05, 3.63) is 33.9 Å². The Morgan fingerprint density at radius 2 is 2.00 bits per heavy atom. The van der Waals surface area contributed by atoms with Gasteiger partial charge in [-0.25, -0.2) is 0 Å². The van der Waals surface area contributed by atoms with E-state index in [4.69, 9.17) is 16.3 Å². The molecule has 112 valence electrons. The van der Waals surface area contributed by atoms with Gasteiger partial charge in [0.2, 0.25) is 0 Å². The third kappa shape index (κ3) is 5.62. The van der Waals surface area contributed by atoms with Crippen LogP contribution in [0.15, 0.2) is 18.2 Å². The molecule has 0 spiro atoms. The summed E-state index contributed by atoms with van der Waals surface area (Å²) >= 11 is 5.59. The molecule has 0 saturated heterocycles. The van der Waals surface area contributed by atoms with Gasteiger partial charge in [-0.2, -0.15) is 13.2 Å². The van der Waals surface area contributed by atoms with Gasteiger partial charge in [-0.05, 0) is 11.6 Å². The topological polar surface area (TPSA) is 61.6 Å². The second kappa shape index (κ2) is 7.30. The van der Waals surface area contributed by atoms with Crippen LogP contribution in [0, 0.1) is 10.1 Å². The van der Waals surface area contributed by atoms with Gasteiger partial charge < -0.3 is 9.47 Å². The summed E-state index contributed by atoms with van der Waals surface area (Å²) in [5.74, 6) is 0.0858. The number of nitrogens with zero attached hydrogens (tertiary/aromatic N) is 1. The van der Waals surface area contributed by atoms with Crippen LogP contribution >= 0.6 is 11.6 Å². The Labute approximate surface area is 117 Å². The number of hydrogen-bond donors (Lipinski definition) is 0. The molecule has 0 unspecified atom stereocenters. The van der Waals surface area contributed by atoms with Crippen LogP contribution in [0.3, 0.4) is 0 Å². The van der Waals surface area contributed by atoms with Crippen LogP contribution in [0.4, 0.5) is 18.9 Å². The number of hydrogen-bond acceptors (Lipinski definition) is 4. The molecule has 0 amide bonds. The standard InChI is InChI=1S/C11H11ClF3NO4/c12-6-8-1-2-9(16(17)18)10(5-8)20-4-3-19-7-11(13,14)15/h1-2,5H,3-4,6-7H2. The summed E-state index contributed by atoms with van der Waals surface area (Å²) in [6, 6.07) is 4.07. The van der Waals surface area contributed by atoms with Crippen LogP contribution < -0.4 is 4.74 Å². The van der Waals surface area contributed by atoms with Gasteiger partial charge in [-0.3, -0.25) is 10.1 Å². The summed E-state index contributed by atoms with van der Waals surface area (Å²) in [6.07, 6.45) is -4.41. The molecule has 0 radical (unpaired) electrons. The molecular formula is C11H11ClF3NO4. The van der Waals surface area contributed by atoms with Crippen molar-refractivity contribution in [1.29, 1.82) is 0 Å². The van der Waals surface area contributed by atoms with Crippen LogP contribution in [-0.2, 0) is 10.6 Å². The Morgan fingerprint density at radius 1 is 1.30 bits per heavy atom. The fourth-order valence-corrected chi connectivity index (χ4v) is 1.47. The first kappa shape index (κ1) is 16.5. The maximum absolute atomic E-state index is 11.8. The molecule has 1 aromatic carbocycles. The van der Waals surface area contributed by atoms with Gasteiger partial charge in [0.15, 0.2) is 5.75 Å². The zero-order valence-electron chi connectivity index (χ0n) is 10.2. The van der Waals surface area contributed by atoms with Gasteiger partial charge in [-0.15, -0.1) is 11.6 Å². The molecule has 0 fully saturated rings. The first-order chi connectivity index (χ1) is 9.33. The maximum Gasteiger partial charge on any atom is 0.411 e. The average Bonchev–Trinajstić information content (AvgIpc) is 2.36. The zero-order chi connectivity index (χ0) is 15.2. The fraction of sp³-hybridized carbons (Fsp3) is 0.455. The highest BCUT2D eigenvalue weighted by Crippen LogP contribution is 2.28. The fourth-order valence-electron chi connectivity index (χ4n) is 1.31. The molecule has 0 aliphatic carbocycles. The van der Waals surface area contributed by atoms with E-state index in [1.807, 2.05) is 0 Å². The molecule has 1 rings (SSSR count). The number of alkyl halides is 4.